The van der Waals surface area contributed by atoms with Crippen molar-refractivity contribution in [1.82, 2.24) is 5.32 Å². The van der Waals surface area contributed by atoms with E-state index in [1.165, 1.54) is 6.26 Å². The fourth-order valence-electron chi connectivity index (χ4n) is 1.96. The molecule has 3 aromatic rings. The molecule has 3 rings (SSSR count). The van der Waals surface area contributed by atoms with Gasteiger partial charge in [0.25, 0.3) is 5.91 Å². The lowest BCUT2D eigenvalue weighted by atomic mass is 10.2. The zero-order chi connectivity index (χ0) is 13.2. The highest BCUT2D eigenvalue weighted by Gasteiger charge is 2.16. The van der Waals surface area contributed by atoms with Gasteiger partial charge in [-0.25, -0.2) is 0 Å². The van der Waals surface area contributed by atoms with E-state index in [0.29, 0.717) is 5.76 Å². The van der Waals surface area contributed by atoms with Crippen LogP contribution in [0.25, 0.3) is 11.0 Å². The first-order chi connectivity index (χ1) is 9.24. The molecule has 96 valence electrons. The van der Waals surface area contributed by atoms with Crippen molar-refractivity contribution in [2.24, 2.45) is 0 Å². The van der Waals surface area contributed by atoms with Gasteiger partial charge in [-0.2, -0.15) is 0 Å². The molecular weight excluding hydrogens is 242 g/mol. The van der Waals surface area contributed by atoms with Crippen molar-refractivity contribution in [3.8, 4) is 0 Å². The Hall–Kier alpha value is -2.49. The van der Waals surface area contributed by atoms with E-state index in [9.17, 15) is 4.79 Å². The van der Waals surface area contributed by atoms with Gasteiger partial charge >= 0.3 is 0 Å². The summed E-state index contributed by atoms with van der Waals surface area (Å²) in [5, 5.41) is 3.86. The van der Waals surface area contributed by atoms with Crippen LogP contribution < -0.4 is 5.32 Å². The van der Waals surface area contributed by atoms with E-state index >= 15 is 0 Å². The number of nitrogens with one attached hydrogen (secondary N) is 1. The molecule has 0 bridgehead atoms. The third kappa shape index (κ3) is 2.25. The van der Waals surface area contributed by atoms with E-state index in [4.69, 9.17) is 8.83 Å². The first-order valence-corrected chi connectivity index (χ1v) is 6.07. The summed E-state index contributed by atoms with van der Waals surface area (Å²) >= 11 is 0. The van der Waals surface area contributed by atoms with Gasteiger partial charge in [-0.05, 0) is 31.2 Å². The van der Waals surface area contributed by atoms with Crippen molar-refractivity contribution in [2.75, 3.05) is 0 Å². The number of hydrogen-bond acceptors (Lipinski definition) is 3. The maximum atomic E-state index is 11.9. The van der Waals surface area contributed by atoms with Crippen molar-refractivity contribution in [2.45, 2.75) is 13.0 Å². The second-order valence-corrected chi connectivity index (χ2v) is 4.36. The third-order valence-corrected chi connectivity index (χ3v) is 2.96. The average molecular weight is 255 g/mol. The number of para-hydroxylation sites is 1. The molecule has 0 fully saturated rings. The monoisotopic (exact) mass is 255 g/mol. The number of benzene rings is 1. The number of rotatable bonds is 3. The first-order valence-electron chi connectivity index (χ1n) is 6.07. The number of amides is 1. The van der Waals surface area contributed by atoms with Gasteiger partial charge in [0.2, 0.25) is 0 Å². The van der Waals surface area contributed by atoms with Crippen LogP contribution in [0.4, 0.5) is 0 Å². The summed E-state index contributed by atoms with van der Waals surface area (Å²) in [6.45, 7) is 1.87. The van der Waals surface area contributed by atoms with Gasteiger partial charge in [-0.15, -0.1) is 0 Å². The van der Waals surface area contributed by atoms with E-state index in [1.54, 1.807) is 12.1 Å². The van der Waals surface area contributed by atoms with Gasteiger partial charge < -0.3 is 14.2 Å². The minimum Gasteiger partial charge on any atom is -0.459 e. The number of hydrogen-bond donors (Lipinski definition) is 1. The smallest absolute Gasteiger partial charge is 0.287 e. The lowest BCUT2D eigenvalue weighted by molar-refractivity contribution is 0.0907. The molecule has 2 aromatic heterocycles. The van der Waals surface area contributed by atoms with Gasteiger partial charge in [-0.3, -0.25) is 4.79 Å². The topological polar surface area (TPSA) is 55.4 Å². The molecule has 0 radical (unpaired) electrons. The van der Waals surface area contributed by atoms with Gasteiger partial charge in [0.15, 0.2) is 5.76 Å². The molecule has 4 heteroatoms. The number of furan rings is 2. The quantitative estimate of drug-likeness (QED) is 0.779. The summed E-state index contributed by atoms with van der Waals surface area (Å²) in [5.41, 5.74) is 0.816. The normalized spacial score (nSPS) is 12.5. The molecule has 0 aliphatic carbocycles. The van der Waals surface area contributed by atoms with Crippen molar-refractivity contribution in [3.63, 3.8) is 0 Å². The Morgan fingerprint density at radius 1 is 1.21 bits per heavy atom. The first kappa shape index (κ1) is 11.6. The number of fused-ring (bicyclic) bond motifs is 1. The Morgan fingerprint density at radius 3 is 2.79 bits per heavy atom. The Morgan fingerprint density at radius 2 is 2.05 bits per heavy atom. The van der Waals surface area contributed by atoms with E-state index in [1.807, 2.05) is 37.3 Å². The summed E-state index contributed by atoms with van der Waals surface area (Å²) in [6, 6.07) is 12.8. The van der Waals surface area contributed by atoms with E-state index in [0.717, 1.165) is 16.7 Å². The summed E-state index contributed by atoms with van der Waals surface area (Å²) in [4.78, 5) is 11.9. The molecule has 0 saturated heterocycles. The van der Waals surface area contributed by atoms with E-state index in [-0.39, 0.29) is 11.9 Å². The van der Waals surface area contributed by atoms with Crippen LogP contribution >= 0.6 is 0 Å². The van der Waals surface area contributed by atoms with Crippen molar-refractivity contribution >= 4 is 16.9 Å². The summed E-state index contributed by atoms with van der Waals surface area (Å²) in [7, 11) is 0. The lowest BCUT2D eigenvalue weighted by Gasteiger charge is -2.09. The SMILES string of the molecule is CC(NC(=O)c1ccco1)c1cc2ccccc2o1. The Balaban J connectivity index is 1.80. The molecule has 1 unspecified atom stereocenters. The van der Waals surface area contributed by atoms with Crippen LogP contribution in [0.1, 0.15) is 29.3 Å². The zero-order valence-corrected chi connectivity index (χ0v) is 10.4. The summed E-state index contributed by atoms with van der Waals surface area (Å²) < 4.78 is 10.8. The molecule has 2 heterocycles. The molecule has 0 aliphatic heterocycles. The van der Waals surface area contributed by atoms with Crippen LogP contribution in [0.15, 0.2) is 57.6 Å². The zero-order valence-electron chi connectivity index (χ0n) is 10.4. The maximum Gasteiger partial charge on any atom is 0.287 e. The Bertz CT molecular complexity index is 664. The van der Waals surface area contributed by atoms with Crippen LogP contribution in [-0.2, 0) is 0 Å². The Kier molecular flexibility index (Phi) is 2.83. The van der Waals surface area contributed by atoms with Crippen LogP contribution in [0.5, 0.6) is 0 Å². The van der Waals surface area contributed by atoms with Crippen LogP contribution in [0.2, 0.25) is 0 Å². The largest absolute Gasteiger partial charge is 0.459 e. The van der Waals surface area contributed by atoms with Crippen molar-refractivity contribution in [3.05, 3.63) is 60.2 Å². The standard InChI is InChI=1S/C15H13NO3/c1-10(16-15(17)13-7-4-8-18-13)14-9-11-5-2-3-6-12(11)19-14/h2-10H,1H3,(H,16,17). The highest BCUT2D eigenvalue weighted by Crippen LogP contribution is 2.23. The van der Waals surface area contributed by atoms with E-state index < -0.39 is 0 Å². The predicted octanol–water partition coefficient (Wildman–Crippen LogP) is 3.52. The minimum atomic E-state index is -0.252. The second kappa shape index (κ2) is 4.65. The molecule has 1 atom stereocenters. The van der Waals surface area contributed by atoms with Crippen LogP contribution in [0.3, 0.4) is 0 Å². The number of carbonyl (C=O) groups is 1. The third-order valence-electron chi connectivity index (χ3n) is 2.96. The van der Waals surface area contributed by atoms with Crippen LogP contribution in [0, 0.1) is 0 Å². The van der Waals surface area contributed by atoms with Gasteiger partial charge in [0.1, 0.15) is 11.3 Å². The van der Waals surface area contributed by atoms with Crippen LogP contribution in [-0.4, -0.2) is 5.91 Å². The van der Waals surface area contributed by atoms with Gasteiger partial charge in [-0.1, -0.05) is 18.2 Å². The molecule has 0 saturated carbocycles. The fourth-order valence-corrected chi connectivity index (χ4v) is 1.96. The maximum absolute atomic E-state index is 11.9. The average Bonchev–Trinajstić information content (AvgIpc) is 3.07. The fraction of sp³-hybridized carbons (Fsp3) is 0.133. The Labute approximate surface area is 110 Å². The highest BCUT2D eigenvalue weighted by atomic mass is 16.3. The molecule has 1 N–H and O–H groups in total. The van der Waals surface area contributed by atoms with E-state index in [2.05, 4.69) is 5.32 Å². The number of carbonyl (C=O) groups excluding carboxylic acids is 1. The minimum absolute atomic E-state index is 0.218. The summed E-state index contributed by atoms with van der Waals surface area (Å²) in [5.74, 6) is 0.766. The van der Waals surface area contributed by atoms with Crippen molar-refractivity contribution < 1.29 is 13.6 Å². The molecule has 0 aliphatic rings. The van der Waals surface area contributed by atoms with Crippen molar-refractivity contribution in [1.29, 1.82) is 0 Å². The molecule has 4 nitrogen and oxygen atoms in total. The lowest BCUT2D eigenvalue weighted by Crippen LogP contribution is -2.25. The molecule has 1 aromatic carbocycles. The van der Waals surface area contributed by atoms with Gasteiger partial charge in [0.05, 0.1) is 12.3 Å². The molecule has 19 heavy (non-hydrogen) atoms. The van der Waals surface area contributed by atoms with Gasteiger partial charge in [0, 0.05) is 5.39 Å². The predicted molar refractivity (Wildman–Crippen MR) is 70.8 cm³/mol. The molecule has 1 amide bonds. The second-order valence-electron chi connectivity index (χ2n) is 4.36. The summed E-state index contributed by atoms with van der Waals surface area (Å²) in [6.07, 6.45) is 1.47. The highest BCUT2D eigenvalue weighted by molar-refractivity contribution is 5.91. The molecule has 0 spiro atoms. The molecular formula is C15H13NO3.